The number of rotatable bonds is 5. The summed E-state index contributed by atoms with van der Waals surface area (Å²) in [4.78, 5) is 12.9. The van der Waals surface area contributed by atoms with Crippen molar-refractivity contribution < 1.29 is 4.39 Å². The molecule has 0 saturated carbocycles. The molecule has 0 unspecified atom stereocenters. The Labute approximate surface area is 126 Å². The molecule has 0 aliphatic carbocycles. The normalized spacial score (nSPS) is 10.8. The zero-order valence-electron chi connectivity index (χ0n) is 12.1. The summed E-state index contributed by atoms with van der Waals surface area (Å²) in [6.07, 6.45) is 3.76. The van der Waals surface area contributed by atoms with Crippen molar-refractivity contribution in [2.75, 3.05) is 11.9 Å². The van der Waals surface area contributed by atoms with Gasteiger partial charge in [-0.1, -0.05) is 13.3 Å². The summed E-state index contributed by atoms with van der Waals surface area (Å²) in [5, 5.41) is 11.2. The molecule has 0 radical (unpaired) electrons. The minimum atomic E-state index is -0.302. The first-order valence-corrected chi connectivity index (χ1v) is 7.13. The highest BCUT2D eigenvalue weighted by molar-refractivity contribution is 5.71. The molecule has 1 N–H and O–H groups in total. The number of nitrogens with one attached hydrogen (secondary N) is 1. The summed E-state index contributed by atoms with van der Waals surface area (Å²) in [7, 11) is 0. The number of fused-ring (bicyclic) bond motifs is 1. The van der Waals surface area contributed by atoms with Crippen LogP contribution in [-0.2, 0) is 0 Å². The minimum Gasteiger partial charge on any atom is -0.354 e. The number of aromatic nitrogens is 5. The Morgan fingerprint density at radius 1 is 1.09 bits per heavy atom. The van der Waals surface area contributed by atoms with E-state index in [0.717, 1.165) is 19.4 Å². The third kappa shape index (κ3) is 3.13. The van der Waals surface area contributed by atoms with Gasteiger partial charge in [0.25, 0.3) is 0 Å². The lowest BCUT2D eigenvalue weighted by Gasteiger charge is -2.04. The maximum absolute atomic E-state index is 12.9. The Kier molecular flexibility index (Phi) is 4.13. The predicted octanol–water partition coefficient (Wildman–Crippen LogP) is 2.83. The van der Waals surface area contributed by atoms with Crippen molar-refractivity contribution in [3.8, 4) is 11.4 Å². The maximum Gasteiger partial charge on any atom is 0.224 e. The first-order chi connectivity index (χ1) is 10.8. The van der Waals surface area contributed by atoms with Crippen LogP contribution in [0, 0.1) is 5.82 Å². The molecule has 0 fully saturated rings. The van der Waals surface area contributed by atoms with Crippen molar-refractivity contribution in [1.82, 2.24) is 25.1 Å². The average molecular weight is 298 g/mol. The largest absolute Gasteiger partial charge is 0.354 e. The first kappa shape index (κ1) is 14.2. The van der Waals surface area contributed by atoms with Gasteiger partial charge in [-0.25, -0.2) is 14.4 Å². The molecule has 2 heterocycles. The van der Waals surface area contributed by atoms with Gasteiger partial charge in [0.15, 0.2) is 5.82 Å². The number of unbranched alkanes of at least 4 members (excludes halogenated alkanes) is 1. The maximum atomic E-state index is 12.9. The number of hydrogen-bond acceptors (Lipinski definition) is 6. The molecule has 0 aliphatic heterocycles. The van der Waals surface area contributed by atoms with Crippen molar-refractivity contribution in [2.24, 2.45) is 0 Å². The van der Waals surface area contributed by atoms with E-state index in [0.29, 0.717) is 28.5 Å². The zero-order chi connectivity index (χ0) is 15.4. The van der Waals surface area contributed by atoms with E-state index in [9.17, 15) is 4.39 Å². The van der Waals surface area contributed by atoms with E-state index in [1.165, 1.54) is 12.1 Å². The Balaban J connectivity index is 1.87. The Hall–Kier alpha value is -2.70. The molecule has 7 heteroatoms. The van der Waals surface area contributed by atoms with Gasteiger partial charge in [0.1, 0.15) is 11.3 Å². The fraction of sp³-hybridized carbons (Fsp3) is 0.267. The van der Waals surface area contributed by atoms with Crippen molar-refractivity contribution in [2.45, 2.75) is 19.8 Å². The van der Waals surface area contributed by atoms with E-state index in [1.54, 1.807) is 18.3 Å². The molecule has 6 nitrogen and oxygen atoms in total. The van der Waals surface area contributed by atoms with E-state index in [1.807, 2.05) is 0 Å². The van der Waals surface area contributed by atoms with Gasteiger partial charge in [0, 0.05) is 12.1 Å². The molecule has 3 rings (SSSR count). The lowest BCUT2D eigenvalue weighted by Crippen LogP contribution is -2.06. The van der Waals surface area contributed by atoms with Gasteiger partial charge < -0.3 is 5.32 Å². The summed E-state index contributed by atoms with van der Waals surface area (Å²) >= 11 is 0. The Bertz CT molecular complexity index is 775. The van der Waals surface area contributed by atoms with Crippen LogP contribution in [-0.4, -0.2) is 31.7 Å². The van der Waals surface area contributed by atoms with Crippen LogP contribution in [0.2, 0.25) is 0 Å². The number of hydrogen-bond donors (Lipinski definition) is 1. The van der Waals surface area contributed by atoms with Crippen LogP contribution in [0.3, 0.4) is 0 Å². The number of benzene rings is 1. The quantitative estimate of drug-likeness (QED) is 0.730. The molecule has 0 aliphatic rings. The monoisotopic (exact) mass is 298 g/mol. The van der Waals surface area contributed by atoms with Crippen molar-refractivity contribution in [3.63, 3.8) is 0 Å². The zero-order valence-corrected chi connectivity index (χ0v) is 12.1. The van der Waals surface area contributed by atoms with Gasteiger partial charge >= 0.3 is 0 Å². The van der Waals surface area contributed by atoms with E-state index in [-0.39, 0.29) is 5.82 Å². The molecule has 22 heavy (non-hydrogen) atoms. The molecule has 0 bridgehead atoms. The third-order valence-corrected chi connectivity index (χ3v) is 3.13. The highest BCUT2D eigenvalue weighted by Gasteiger charge is 2.07. The molecule has 112 valence electrons. The lowest BCUT2D eigenvalue weighted by molar-refractivity contribution is 0.628. The molecule has 0 saturated heterocycles. The third-order valence-electron chi connectivity index (χ3n) is 3.13. The molecule has 2 aromatic heterocycles. The van der Waals surface area contributed by atoms with Gasteiger partial charge in [0.05, 0.1) is 6.20 Å². The smallest absolute Gasteiger partial charge is 0.224 e. The van der Waals surface area contributed by atoms with Gasteiger partial charge in [-0.15, -0.1) is 10.2 Å². The molecular formula is C15H15FN6. The average Bonchev–Trinajstić information content (AvgIpc) is 2.55. The highest BCUT2D eigenvalue weighted by atomic mass is 19.1. The van der Waals surface area contributed by atoms with E-state index in [2.05, 4.69) is 37.4 Å². The van der Waals surface area contributed by atoms with Crippen LogP contribution in [0.25, 0.3) is 22.6 Å². The summed E-state index contributed by atoms with van der Waals surface area (Å²) in [5.41, 5.74) is 1.68. The fourth-order valence-corrected chi connectivity index (χ4v) is 1.93. The second-order valence-corrected chi connectivity index (χ2v) is 4.83. The Morgan fingerprint density at radius 2 is 1.91 bits per heavy atom. The standard InChI is InChI=1S/C15H15FN6/c1-2-3-8-17-15-18-9-12-14(20-15)22-21-13(19-12)10-4-6-11(16)7-5-10/h4-7,9H,2-3,8H2,1H3,(H,17,18,20,22). The molecule has 3 aromatic rings. The van der Waals surface area contributed by atoms with Crippen LogP contribution < -0.4 is 5.32 Å². The number of nitrogens with zero attached hydrogens (tertiary/aromatic N) is 5. The van der Waals surface area contributed by atoms with Crippen LogP contribution in [0.4, 0.5) is 10.3 Å². The van der Waals surface area contributed by atoms with Crippen molar-refractivity contribution in [3.05, 3.63) is 36.3 Å². The van der Waals surface area contributed by atoms with Gasteiger partial charge in [-0.05, 0) is 30.7 Å². The fourth-order valence-electron chi connectivity index (χ4n) is 1.93. The van der Waals surface area contributed by atoms with Crippen molar-refractivity contribution in [1.29, 1.82) is 0 Å². The summed E-state index contributed by atoms with van der Waals surface area (Å²) in [6, 6.07) is 5.94. The van der Waals surface area contributed by atoms with E-state index < -0.39 is 0 Å². The summed E-state index contributed by atoms with van der Waals surface area (Å²) in [6.45, 7) is 2.94. The topological polar surface area (TPSA) is 76.5 Å². The van der Waals surface area contributed by atoms with E-state index in [4.69, 9.17) is 0 Å². The second-order valence-electron chi connectivity index (χ2n) is 4.83. The SMILES string of the molecule is CCCCNc1ncc2nc(-c3ccc(F)cc3)nnc2n1. The van der Waals surface area contributed by atoms with Crippen LogP contribution in [0.5, 0.6) is 0 Å². The molecule has 0 atom stereocenters. The highest BCUT2D eigenvalue weighted by Crippen LogP contribution is 2.16. The Morgan fingerprint density at radius 3 is 2.68 bits per heavy atom. The van der Waals surface area contributed by atoms with Crippen LogP contribution >= 0.6 is 0 Å². The second kappa shape index (κ2) is 6.38. The molecule has 0 amide bonds. The first-order valence-electron chi connectivity index (χ1n) is 7.13. The number of halogens is 1. The van der Waals surface area contributed by atoms with Gasteiger partial charge in [0.2, 0.25) is 11.6 Å². The minimum absolute atomic E-state index is 0.302. The molecular weight excluding hydrogens is 283 g/mol. The molecule has 0 spiro atoms. The van der Waals surface area contributed by atoms with E-state index >= 15 is 0 Å². The van der Waals surface area contributed by atoms with Gasteiger partial charge in [-0.3, -0.25) is 0 Å². The predicted molar refractivity (Wildman–Crippen MR) is 81.7 cm³/mol. The van der Waals surface area contributed by atoms with Crippen LogP contribution in [0.1, 0.15) is 19.8 Å². The van der Waals surface area contributed by atoms with Gasteiger partial charge in [-0.2, -0.15) is 4.98 Å². The summed E-state index contributed by atoms with van der Waals surface area (Å²) in [5.74, 6) is 0.637. The molecule has 1 aromatic carbocycles. The van der Waals surface area contributed by atoms with Crippen molar-refractivity contribution >= 4 is 17.1 Å². The van der Waals surface area contributed by atoms with Crippen LogP contribution in [0.15, 0.2) is 30.5 Å². The number of anilines is 1. The summed E-state index contributed by atoms with van der Waals surface area (Å²) < 4.78 is 12.9. The lowest BCUT2D eigenvalue weighted by atomic mass is 10.2.